The summed E-state index contributed by atoms with van der Waals surface area (Å²) in [5.41, 5.74) is 0.592. The summed E-state index contributed by atoms with van der Waals surface area (Å²) in [4.78, 5) is 15.0. The Kier molecular flexibility index (Phi) is 4.78. The normalized spacial score (nSPS) is 25.4. The molecule has 0 spiro atoms. The number of ketones is 1. The molecule has 2 unspecified atom stereocenters. The van der Waals surface area contributed by atoms with Gasteiger partial charge in [0.15, 0.2) is 15.6 Å². The molecule has 2 aliphatic rings. The summed E-state index contributed by atoms with van der Waals surface area (Å²) in [6.45, 7) is 1.89. The number of carbonyl (C=O) groups excluding carboxylic acids is 1. The molecule has 2 fully saturated rings. The van der Waals surface area contributed by atoms with Crippen molar-refractivity contribution in [3.8, 4) is 5.75 Å². The molecule has 1 saturated carbocycles. The highest BCUT2D eigenvalue weighted by Crippen LogP contribution is 2.42. The minimum absolute atomic E-state index is 0.0310. The van der Waals surface area contributed by atoms with Crippen molar-refractivity contribution in [1.29, 1.82) is 0 Å². The summed E-state index contributed by atoms with van der Waals surface area (Å²) in [7, 11) is -3.28. The summed E-state index contributed by atoms with van der Waals surface area (Å²) in [5, 5.41) is 9.02. The zero-order chi connectivity index (χ0) is 19.0. The van der Waals surface area contributed by atoms with E-state index in [-0.39, 0.29) is 16.8 Å². The first-order chi connectivity index (χ1) is 12.9. The monoisotopic (exact) mass is 385 g/mol. The van der Waals surface area contributed by atoms with Crippen molar-refractivity contribution in [2.24, 2.45) is 11.8 Å². The first-order valence-corrected chi connectivity index (χ1v) is 10.8. The van der Waals surface area contributed by atoms with Gasteiger partial charge in [0.05, 0.1) is 16.7 Å². The highest BCUT2D eigenvalue weighted by molar-refractivity contribution is 7.92. The van der Waals surface area contributed by atoms with Crippen LogP contribution in [0.5, 0.6) is 5.75 Å². The molecule has 5 nitrogen and oxygen atoms in total. The van der Waals surface area contributed by atoms with Crippen molar-refractivity contribution >= 4 is 15.6 Å². The summed E-state index contributed by atoms with van der Waals surface area (Å²) in [5.74, 6) is 0.846. The maximum absolute atomic E-state index is 12.8. The lowest BCUT2D eigenvalue weighted by atomic mass is 10.0. The van der Waals surface area contributed by atoms with Gasteiger partial charge in [-0.25, -0.2) is 8.42 Å². The molecule has 0 aromatic heterocycles. The molecule has 2 aromatic carbocycles. The van der Waals surface area contributed by atoms with E-state index in [0.29, 0.717) is 41.7 Å². The van der Waals surface area contributed by atoms with E-state index in [1.165, 1.54) is 12.1 Å². The molecule has 6 heteroatoms. The second-order valence-electron chi connectivity index (χ2n) is 7.64. The van der Waals surface area contributed by atoms with E-state index in [1.807, 2.05) is 6.07 Å². The van der Waals surface area contributed by atoms with Crippen LogP contribution in [0.2, 0.25) is 0 Å². The number of nitrogens with zero attached hydrogens (tertiary/aromatic N) is 1. The van der Waals surface area contributed by atoms with Crippen LogP contribution in [-0.4, -0.2) is 49.1 Å². The average molecular weight is 385 g/mol. The molecule has 0 radical (unpaired) electrons. The van der Waals surface area contributed by atoms with E-state index in [4.69, 9.17) is 0 Å². The van der Waals surface area contributed by atoms with Crippen LogP contribution in [0.3, 0.4) is 0 Å². The molecule has 0 bridgehead atoms. The zero-order valence-electron chi connectivity index (χ0n) is 15.0. The predicted molar refractivity (Wildman–Crippen MR) is 103 cm³/mol. The Balaban J connectivity index is 1.37. The fourth-order valence-corrected chi connectivity index (χ4v) is 6.39. The number of phenols is 1. The molecule has 0 amide bonds. The van der Waals surface area contributed by atoms with Crippen LogP contribution in [0.25, 0.3) is 0 Å². The van der Waals surface area contributed by atoms with E-state index >= 15 is 0 Å². The Bertz CT molecular complexity index is 910. The number of Topliss-reactive ketones (excluding diaryl/α,β-unsaturated/α-hetero) is 1. The van der Waals surface area contributed by atoms with Crippen LogP contribution >= 0.6 is 0 Å². The second kappa shape index (κ2) is 7.09. The van der Waals surface area contributed by atoms with Gasteiger partial charge in [-0.2, -0.15) is 0 Å². The Morgan fingerprint density at radius 1 is 0.963 bits per heavy atom. The average Bonchev–Trinajstić information content (AvgIpc) is 3.22. The van der Waals surface area contributed by atoms with Crippen LogP contribution in [0.1, 0.15) is 23.2 Å². The van der Waals surface area contributed by atoms with Gasteiger partial charge in [-0.15, -0.1) is 0 Å². The van der Waals surface area contributed by atoms with E-state index in [1.54, 1.807) is 36.4 Å². The molecular formula is C21H23NO4S. The van der Waals surface area contributed by atoms with E-state index < -0.39 is 9.84 Å². The molecule has 142 valence electrons. The number of benzene rings is 2. The summed E-state index contributed by atoms with van der Waals surface area (Å²) in [6.07, 6.45) is 1.34. The molecule has 1 heterocycles. The van der Waals surface area contributed by atoms with Gasteiger partial charge in [-0.05, 0) is 61.1 Å². The lowest BCUT2D eigenvalue weighted by Crippen LogP contribution is -2.30. The number of aromatic hydroxyl groups is 1. The van der Waals surface area contributed by atoms with Gasteiger partial charge in [-0.1, -0.05) is 18.2 Å². The van der Waals surface area contributed by atoms with Gasteiger partial charge >= 0.3 is 0 Å². The van der Waals surface area contributed by atoms with Gasteiger partial charge in [0.25, 0.3) is 0 Å². The van der Waals surface area contributed by atoms with E-state index in [9.17, 15) is 18.3 Å². The first-order valence-electron chi connectivity index (χ1n) is 9.27. The third-order valence-electron chi connectivity index (χ3n) is 5.85. The first kappa shape index (κ1) is 18.2. The maximum Gasteiger partial charge on any atom is 0.181 e. The van der Waals surface area contributed by atoms with Crippen molar-refractivity contribution in [3.05, 3.63) is 60.2 Å². The molecule has 1 saturated heterocycles. The van der Waals surface area contributed by atoms with Crippen LogP contribution < -0.4 is 0 Å². The lowest BCUT2D eigenvalue weighted by Gasteiger charge is -2.18. The number of fused-ring (bicyclic) bond motifs is 1. The van der Waals surface area contributed by atoms with Crippen molar-refractivity contribution in [2.45, 2.75) is 23.0 Å². The van der Waals surface area contributed by atoms with Crippen LogP contribution in [0.15, 0.2) is 59.5 Å². The van der Waals surface area contributed by atoms with Gasteiger partial charge in [-0.3, -0.25) is 9.69 Å². The number of rotatable bonds is 5. The molecule has 1 aliphatic heterocycles. The van der Waals surface area contributed by atoms with Crippen LogP contribution in [-0.2, 0) is 9.84 Å². The van der Waals surface area contributed by atoms with Crippen LogP contribution in [0, 0.1) is 11.8 Å². The minimum atomic E-state index is -3.28. The summed E-state index contributed by atoms with van der Waals surface area (Å²) >= 11 is 0. The summed E-state index contributed by atoms with van der Waals surface area (Å²) < 4.78 is 25.7. The van der Waals surface area contributed by atoms with Crippen LogP contribution in [0.4, 0.5) is 0 Å². The molecule has 4 rings (SSSR count). The molecular weight excluding hydrogens is 362 g/mol. The molecule has 1 N–H and O–H groups in total. The summed E-state index contributed by atoms with van der Waals surface area (Å²) in [6, 6.07) is 15.0. The Hall–Kier alpha value is -2.18. The van der Waals surface area contributed by atoms with Crippen molar-refractivity contribution in [2.75, 3.05) is 19.6 Å². The molecule has 27 heavy (non-hydrogen) atoms. The molecule has 1 aliphatic carbocycles. The zero-order valence-corrected chi connectivity index (χ0v) is 15.8. The number of hydrogen-bond acceptors (Lipinski definition) is 5. The third-order valence-corrected chi connectivity index (χ3v) is 8.04. The Morgan fingerprint density at radius 2 is 1.56 bits per heavy atom. The number of phenolic OH excluding ortho intramolecular Hbond substituents is 1. The Morgan fingerprint density at radius 3 is 2.15 bits per heavy atom. The smallest absolute Gasteiger partial charge is 0.181 e. The minimum Gasteiger partial charge on any atom is -0.508 e. The van der Waals surface area contributed by atoms with Crippen molar-refractivity contribution in [3.63, 3.8) is 0 Å². The van der Waals surface area contributed by atoms with E-state index in [0.717, 1.165) is 13.1 Å². The van der Waals surface area contributed by atoms with Crippen molar-refractivity contribution < 1.29 is 18.3 Å². The Labute approximate surface area is 159 Å². The predicted octanol–water partition coefficient (Wildman–Crippen LogP) is 2.76. The van der Waals surface area contributed by atoms with Crippen molar-refractivity contribution in [1.82, 2.24) is 4.90 Å². The number of likely N-dealkylation sites (tertiary alicyclic amines) is 1. The van der Waals surface area contributed by atoms with Gasteiger partial charge in [0.1, 0.15) is 5.75 Å². The molecule has 2 aromatic rings. The highest BCUT2D eigenvalue weighted by Gasteiger charge is 2.45. The second-order valence-corrected chi connectivity index (χ2v) is 9.86. The fraction of sp³-hybridized carbons (Fsp3) is 0.381. The SMILES string of the molecule is O=C(CN1CC2CC(S(=O)(=O)c3ccccc3)C[C@@H]2C1)c1ccc(O)cc1. The number of carbonyl (C=O) groups is 1. The number of hydrogen-bond donors (Lipinski definition) is 1. The quantitative estimate of drug-likeness (QED) is 0.801. The fourth-order valence-electron chi connectivity index (χ4n) is 4.47. The van der Waals surface area contributed by atoms with Gasteiger partial charge in [0, 0.05) is 18.7 Å². The standard InChI is InChI=1S/C21H23NO4S/c23-18-8-6-15(7-9-18)21(24)14-22-12-16-10-20(11-17(16)13-22)27(25,26)19-4-2-1-3-5-19/h1-9,16-17,20,23H,10-14H2/t16-,17?,20?/m1/s1. The largest absolute Gasteiger partial charge is 0.508 e. The topological polar surface area (TPSA) is 74.7 Å². The maximum atomic E-state index is 12.8. The number of sulfone groups is 1. The van der Waals surface area contributed by atoms with E-state index in [2.05, 4.69) is 4.90 Å². The lowest BCUT2D eigenvalue weighted by molar-refractivity contribution is 0.0941. The van der Waals surface area contributed by atoms with Gasteiger partial charge < -0.3 is 5.11 Å². The van der Waals surface area contributed by atoms with Gasteiger partial charge in [0.2, 0.25) is 0 Å². The highest BCUT2D eigenvalue weighted by atomic mass is 32.2. The third kappa shape index (κ3) is 3.64. The molecule has 3 atom stereocenters.